The molecule has 2 heteroatoms. The van der Waals surface area contributed by atoms with Crippen molar-refractivity contribution in [3.8, 4) is 0 Å². The molecular weight excluding hydrogens is 160 g/mol. The third-order valence-electron chi connectivity index (χ3n) is 2.97. The molecule has 0 bridgehead atoms. The average Bonchev–Trinajstić information content (AvgIpc) is 2.99. The van der Waals surface area contributed by atoms with Crippen LogP contribution >= 0.6 is 0 Å². The predicted molar refractivity (Wildman–Crippen MR) is 55.9 cm³/mol. The molecule has 0 aliphatic heterocycles. The van der Waals surface area contributed by atoms with Gasteiger partial charge in [-0.2, -0.15) is 0 Å². The molecule has 2 saturated carbocycles. The van der Waals surface area contributed by atoms with Crippen molar-refractivity contribution in [1.82, 2.24) is 10.6 Å². The molecule has 0 aromatic carbocycles. The van der Waals surface area contributed by atoms with Crippen molar-refractivity contribution in [2.45, 2.75) is 44.6 Å². The normalized spacial score (nSPS) is 22.2. The highest BCUT2D eigenvalue weighted by atomic mass is 14.9. The minimum atomic E-state index is 0.881. The first-order valence-corrected chi connectivity index (χ1v) is 5.89. The van der Waals surface area contributed by atoms with Crippen molar-refractivity contribution < 1.29 is 0 Å². The molecule has 0 aromatic heterocycles. The highest BCUT2D eigenvalue weighted by Crippen LogP contribution is 2.31. The van der Waals surface area contributed by atoms with Crippen molar-refractivity contribution in [2.24, 2.45) is 5.92 Å². The molecule has 2 nitrogen and oxygen atoms in total. The largest absolute Gasteiger partial charge is 0.317 e. The van der Waals surface area contributed by atoms with Crippen LogP contribution in [0.3, 0.4) is 0 Å². The topological polar surface area (TPSA) is 24.1 Å². The first-order chi connectivity index (χ1) is 6.45. The molecule has 0 heterocycles. The molecule has 13 heavy (non-hydrogen) atoms. The molecule has 0 atom stereocenters. The minimum absolute atomic E-state index is 0.881. The lowest BCUT2D eigenvalue weighted by molar-refractivity contribution is 0.568. The smallest absolute Gasteiger partial charge is 0.00682 e. The molecule has 0 unspecified atom stereocenters. The maximum absolute atomic E-state index is 3.53. The van der Waals surface area contributed by atoms with Gasteiger partial charge in [-0.15, -0.1) is 0 Å². The van der Waals surface area contributed by atoms with Crippen LogP contribution in [-0.2, 0) is 0 Å². The van der Waals surface area contributed by atoms with E-state index in [9.17, 15) is 0 Å². The fourth-order valence-electron chi connectivity index (χ4n) is 1.64. The van der Waals surface area contributed by atoms with Gasteiger partial charge in [-0.3, -0.25) is 0 Å². The molecule has 0 radical (unpaired) electrons. The Hall–Kier alpha value is -0.0800. The van der Waals surface area contributed by atoms with E-state index in [1.165, 1.54) is 58.2 Å². The summed E-state index contributed by atoms with van der Waals surface area (Å²) in [6.07, 6.45) is 8.51. The maximum Gasteiger partial charge on any atom is 0.00682 e. The molecular formula is C11H22N2. The van der Waals surface area contributed by atoms with E-state index in [1.54, 1.807) is 0 Å². The summed E-state index contributed by atoms with van der Waals surface area (Å²) in [5.41, 5.74) is 0. The van der Waals surface area contributed by atoms with Gasteiger partial charge in [0.2, 0.25) is 0 Å². The number of hydrogen-bond acceptors (Lipinski definition) is 2. The number of rotatable bonds is 8. The van der Waals surface area contributed by atoms with Crippen LogP contribution in [0, 0.1) is 5.92 Å². The lowest BCUT2D eigenvalue weighted by Gasteiger charge is -2.04. The van der Waals surface area contributed by atoms with E-state index in [0.717, 1.165) is 12.0 Å². The highest BCUT2D eigenvalue weighted by molar-refractivity contribution is 4.80. The zero-order valence-corrected chi connectivity index (χ0v) is 8.52. The highest BCUT2D eigenvalue weighted by Gasteiger charge is 2.20. The van der Waals surface area contributed by atoms with Crippen LogP contribution in [0.1, 0.15) is 38.5 Å². The first kappa shape index (κ1) is 9.47. The second-order valence-electron chi connectivity index (χ2n) is 4.56. The summed E-state index contributed by atoms with van der Waals surface area (Å²) in [4.78, 5) is 0. The van der Waals surface area contributed by atoms with Gasteiger partial charge >= 0.3 is 0 Å². The second-order valence-corrected chi connectivity index (χ2v) is 4.56. The summed E-state index contributed by atoms with van der Waals surface area (Å²) in [5.74, 6) is 1.08. The zero-order valence-electron chi connectivity index (χ0n) is 8.52. The van der Waals surface area contributed by atoms with Gasteiger partial charge < -0.3 is 10.6 Å². The molecule has 2 aliphatic rings. The molecule has 76 valence electrons. The van der Waals surface area contributed by atoms with Gasteiger partial charge in [0.15, 0.2) is 0 Å². The van der Waals surface area contributed by atoms with E-state index < -0.39 is 0 Å². The number of hydrogen-bond donors (Lipinski definition) is 2. The van der Waals surface area contributed by atoms with Crippen LogP contribution in [0.15, 0.2) is 0 Å². The van der Waals surface area contributed by atoms with Crippen molar-refractivity contribution >= 4 is 0 Å². The molecule has 0 aromatic rings. The molecule has 0 spiro atoms. The van der Waals surface area contributed by atoms with E-state index in [-0.39, 0.29) is 0 Å². The molecule has 0 saturated heterocycles. The Morgan fingerprint density at radius 1 is 0.923 bits per heavy atom. The molecule has 0 amide bonds. The summed E-state index contributed by atoms with van der Waals surface area (Å²) in [5, 5.41) is 7.04. The molecule has 2 fully saturated rings. The van der Waals surface area contributed by atoms with E-state index in [1.807, 2.05) is 0 Å². The van der Waals surface area contributed by atoms with Gasteiger partial charge in [0.25, 0.3) is 0 Å². The minimum Gasteiger partial charge on any atom is -0.317 e. The Bertz CT molecular complexity index is 123. The fraction of sp³-hybridized carbons (Fsp3) is 1.00. The van der Waals surface area contributed by atoms with Crippen molar-refractivity contribution in [3.63, 3.8) is 0 Å². The quantitative estimate of drug-likeness (QED) is 0.556. The maximum atomic E-state index is 3.53. The van der Waals surface area contributed by atoms with E-state index in [0.29, 0.717) is 0 Å². The van der Waals surface area contributed by atoms with Crippen LogP contribution < -0.4 is 10.6 Å². The lowest BCUT2D eigenvalue weighted by atomic mass is 10.3. The van der Waals surface area contributed by atoms with Crippen molar-refractivity contribution in [3.05, 3.63) is 0 Å². The van der Waals surface area contributed by atoms with E-state index in [4.69, 9.17) is 0 Å². The summed E-state index contributed by atoms with van der Waals surface area (Å²) in [7, 11) is 0. The van der Waals surface area contributed by atoms with Crippen LogP contribution in [0.4, 0.5) is 0 Å². The third-order valence-corrected chi connectivity index (χ3v) is 2.97. The standard InChI is InChI=1S/C11H22N2/c1(8-13-11-4-5-11)7-12-9-6-10-2-3-10/h10-13H,1-9H2. The van der Waals surface area contributed by atoms with Gasteiger partial charge in [-0.25, -0.2) is 0 Å². The van der Waals surface area contributed by atoms with Gasteiger partial charge in [0.1, 0.15) is 0 Å². The Morgan fingerprint density at radius 2 is 1.77 bits per heavy atom. The van der Waals surface area contributed by atoms with E-state index in [2.05, 4.69) is 10.6 Å². The molecule has 2 N–H and O–H groups in total. The summed E-state index contributed by atoms with van der Waals surface area (Å²) < 4.78 is 0. The van der Waals surface area contributed by atoms with E-state index >= 15 is 0 Å². The first-order valence-electron chi connectivity index (χ1n) is 5.89. The summed E-state index contributed by atoms with van der Waals surface area (Å²) in [6, 6.07) is 0.881. The Labute approximate surface area is 81.5 Å². The van der Waals surface area contributed by atoms with Crippen molar-refractivity contribution in [1.29, 1.82) is 0 Å². The van der Waals surface area contributed by atoms with Gasteiger partial charge in [0.05, 0.1) is 0 Å². The predicted octanol–water partition coefficient (Wildman–Crippen LogP) is 1.52. The monoisotopic (exact) mass is 182 g/mol. The average molecular weight is 182 g/mol. The van der Waals surface area contributed by atoms with Gasteiger partial charge in [0, 0.05) is 6.04 Å². The van der Waals surface area contributed by atoms with Gasteiger partial charge in [-0.05, 0) is 51.2 Å². The SMILES string of the molecule is C(CNCCC1CC1)CNC1CC1. The van der Waals surface area contributed by atoms with Crippen LogP contribution in [0.25, 0.3) is 0 Å². The third kappa shape index (κ3) is 4.63. The summed E-state index contributed by atoms with van der Waals surface area (Å²) in [6.45, 7) is 3.65. The Kier molecular flexibility index (Phi) is 3.62. The Morgan fingerprint density at radius 3 is 2.46 bits per heavy atom. The van der Waals surface area contributed by atoms with Gasteiger partial charge in [-0.1, -0.05) is 12.8 Å². The van der Waals surface area contributed by atoms with Crippen LogP contribution in [0.2, 0.25) is 0 Å². The molecule has 2 aliphatic carbocycles. The summed E-state index contributed by atoms with van der Waals surface area (Å²) >= 11 is 0. The lowest BCUT2D eigenvalue weighted by Crippen LogP contribution is -2.24. The fourth-order valence-corrected chi connectivity index (χ4v) is 1.64. The van der Waals surface area contributed by atoms with Crippen LogP contribution in [-0.4, -0.2) is 25.7 Å². The number of nitrogens with one attached hydrogen (secondary N) is 2. The van der Waals surface area contributed by atoms with Crippen molar-refractivity contribution in [2.75, 3.05) is 19.6 Å². The van der Waals surface area contributed by atoms with Crippen LogP contribution in [0.5, 0.6) is 0 Å². The second kappa shape index (κ2) is 4.97. The molecule has 2 rings (SSSR count). The Balaban J connectivity index is 1.28. The zero-order chi connectivity index (χ0) is 8.93.